The van der Waals surface area contributed by atoms with Gasteiger partial charge < -0.3 is 9.47 Å². The third kappa shape index (κ3) is 8.75. The first kappa shape index (κ1) is 25.6. The Morgan fingerprint density at radius 2 is 1.06 bits per heavy atom. The Kier molecular flexibility index (Phi) is 9.73. The van der Waals surface area contributed by atoms with E-state index in [1.54, 1.807) is 38.5 Å². The van der Waals surface area contributed by atoms with Crippen molar-refractivity contribution in [1.82, 2.24) is 10.9 Å². The average Bonchev–Trinajstić information content (AvgIpc) is 2.91. The van der Waals surface area contributed by atoms with Crippen LogP contribution in [0.15, 0.2) is 95.2 Å². The molecular formula is C28H26N4O4. The number of carbonyl (C=O) groups excluding carboxylic acids is 2. The minimum Gasteiger partial charge on any atom is -0.497 e. The summed E-state index contributed by atoms with van der Waals surface area (Å²) < 4.78 is 10.3. The van der Waals surface area contributed by atoms with Crippen LogP contribution in [0.3, 0.4) is 0 Å². The first-order valence-electron chi connectivity index (χ1n) is 11.0. The van der Waals surface area contributed by atoms with Crippen LogP contribution in [0.4, 0.5) is 0 Å². The summed E-state index contributed by atoms with van der Waals surface area (Å²) in [6.45, 7) is 0. The van der Waals surface area contributed by atoms with Crippen molar-refractivity contribution in [2.45, 2.75) is 0 Å². The van der Waals surface area contributed by atoms with Crippen molar-refractivity contribution in [1.29, 1.82) is 0 Å². The molecule has 0 aliphatic rings. The highest BCUT2D eigenvalue weighted by atomic mass is 16.5. The zero-order valence-corrected chi connectivity index (χ0v) is 19.9. The average molecular weight is 483 g/mol. The number of nitrogens with zero attached hydrogens (tertiary/aromatic N) is 2. The molecule has 0 bridgehead atoms. The molecular weight excluding hydrogens is 456 g/mol. The molecule has 3 rings (SSSR count). The van der Waals surface area contributed by atoms with Gasteiger partial charge in [-0.25, -0.2) is 10.9 Å². The van der Waals surface area contributed by atoms with E-state index in [-0.39, 0.29) is 11.8 Å². The number of hydrogen-bond donors (Lipinski definition) is 2. The van der Waals surface area contributed by atoms with E-state index in [0.717, 1.165) is 22.3 Å². The van der Waals surface area contributed by atoms with Crippen molar-refractivity contribution in [3.05, 3.63) is 107 Å². The number of ether oxygens (including phenoxy) is 2. The Bertz CT molecular complexity index is 1190. The molecule has 0 fully saturated rings. The molecule has 36 heavy (non-hydrogen) atoms. The molecule has 2 amide bonds. The van der Waals surface area contributed by atoms with Gasteiger partial charge >= 0.3 is 0 Å². The second-order valence-electron chi connectivity index (χ2n) is 7.36. The van der Waals surface area contributed by atoms with E-state index in [1.807, 2.05) is 60.7 Å². The van der Waals surface area contributed by atoms with Crippen LogP contribution >= 0.6 is 0 Å². The number of methoxy groups -OCH3 is 2. The van der Waals surface area contributed by atoms with Crippen LogP contribution in [0.2, 0.25) is 0 Å². The van der Waals surface area contributed by atoms with E-state index in [9.17, 15) is 9.59 Å². The number of hydrogen-bond acceptors (Lipinski definition) is 6. The molecule has 0 saturated heterocycles. The van der Waals surface area contributed by atoms with Crippen LogP contribution in [0, 0.1) is 0 Å². The lowest BCUT2D eigenvalue weighted by molar-refractivity contribution is -0.117. The lowest BCUT2D eigenvalue weighted by atomic mass is 10.1. The van der Waals surface area contributed by atoms with Crippen LogP contribution in [0.25, 0.3) is 12.2 Å². The smallest absolute Gasteiger partial charge is 0.264 e. The summed E-state index contributed by atoms with van der Waals surface area (Å²) in [7, 11) is 3.17. The van der Waals surface area contributed by atoms with E-state index in [0.29, 0.717) is 11.5 Å². The minimum absolute atomic E-state index is 0.357. The standard InChI is InChI=1S/C28H26N4O4/c1-35-25-7-3-5-23(17-25)19-29-31-27(33)15-13-21-9-11-22(12-10-21)14-16-28(34)32-30-20-24-6-4-8-26(18-24)36-2/h3-20H,1-2H3,(H,31,33)(H,32,34)/b15-13+,16-14+,29-19+,30-20+. The van der Waals surface area contributed by atoms with Crippen LogP contribution in [-0.4, -0.2) is 38.5 Å². The molecule has 0 unspecified atom stereocenters. The number of benzene rings is 3. The van der Waals surface area contributed by atoms with Gasteiger partial charge in [0.15, 0.2) is 0 Å². The van der Waals surface area contributed by atoms with Crippen molar-refractivity contribution >= 4 is 36.4 Å². The van der Waals surface area contributed by atoms with Crippen LogP contribution in [-0.2, 0) is 9.59 Å². The summed E-state index contributed by atoms with van der Waals surface area (Å²) in [5, 5.41) is 7.87. The number of hydrazone groups is 2. The SMILES string of the molecule is COc1cccc(/C=N/NC(=O)/C=C/c2ccc(/C=C/C(=O)N/N=C/c3cccc(OC)c3)cc2)c1. The second kappa shape index (κ2) is 13.7. The molecule has 0 radical (unpaired) electrons. The van der Waals surface area contributed by atoms with E-state index in [2.05, 4.69) is 21.1 Å². The first-order valence-corrected chi connectivity index (χ1v) is 11.0. The molecule has 182 valence electrons. The highest BCUT2D eigenvalue weighted by molar-refractivity contribution is 5.93. The summed E-state index contributed by atoms with van der Waals surface area (Å²) in [6.07, 6.45) is 9.20. The first-order chi connectivity index (χ1) is 17.6. The third-order valence-electron chi connectivity index (χ3n) is 4.76. The van der Waals surface area contributed by atoms with Gasteiger partial charge in [0.1, 0.15) is 11.5 Å². The number of nitrogens with one attached hydrogen (secondary N) is 2. The maximum Gasteiger partial charge on any atom is 0.264 e. The van der Waals surface area contributed by atoms with E-state index >= 15 is 0 Å². The summed E-state index contributed by atoms with van der Waals surface area (Å²) in [5.41, 5.74) is 8.15. The van der Waals surface area contributed by atoms with Gasteiger partial charge in [-0.2, -0.15) is 10.2 Å². The maximum absolute atomic E-state index is 12.0. The Hall–Kier alpha value is -4.98. The fraction of sp³-hybridized carbons (Fsp3) is 0.0714. The largest absolute Gasteiger partial charge is 0.497 e. The van der Waals surface area contributed by atoms with E-state index in [1.165, 1.54) is 24.6 Å². The zero-order chi connectivity index (χ0) is 25.6. The van der Waals surface area contributed by atoms with Crippen LogP contribution in [0.5, 0.6) is 11.5 Å². The van der Waals surface area contributed by atoms with Crippen molar-refractivity contribution < 1.29 is 19.1 Å². The second-order valence-corrected chi connectivity index (χ2v) is 7.36. The molecule has 0 spiro atoms. The molecule has 0 saturated carbocycles. The number of carbonyl (C=O) groups is 2. The van der Waals surface area contributed by atoms with Gasteiger partial charge in [-0.1, -0.05) is 48.5 Å². The number of amides is 2. The maximum atomic E-state index is 12.0. The molecule has 0 aliphatic carbocycles. The Balaban J connectivity index is 1.45. The van der Waals surface area contributed by atoms with E-state index in [4.69, 9.17) is 9.47 Å². The fourth-order valence-electron chi connectivity index (χ4n) is 2.92. The van der Waals surface area contributed by atoms with E-state index < -0.39 is 0 Å². The lowest BCUT2D eigenvalue weighted by Gasteiger charge is -2.00. The van der Waals surface area contributed by atoms with Crippen LogP contribution in [0.1, 0.15) is 22.3 Å². The van der Waals surface area contributed by atoms with Gasteiger partial charge in [-0.15, -0.1) is 0 Å². The van der Waals surface area contributed by atoms with Crippen LogP contribution < -0.4 is 20.3 Å². The molecule has 0 aromatic heterocycles. The van der Waals surface area contributed by atoms with Crippen molar-refractivity contribution in [3.63, 3.8) is 0 Å². The predicted octanol–water partition coefficient (Wildman–Crippen LogP) is 4.03. The van der Waals surface area contributed by atoms with Crippen molar-refractivity contribution in [2.75, 3.05) is 14.2 Å². The monoisotopic (exact) mass is 482 g/mol. The molecule has 3 aromatic rings. The van der Waals surface area contributed by atoms with Crippen molar-refractivity contribution in [3.8, 4) is 11.5 Å². The topological polar surface area (TPSA) is 101 Å². The molecule has 0 heterocycles. The zero-order valence-electron chi connectivity index (χ0n) is 19.9. The summed E-state index contributed by atoms with van der Waals surface area (Å²) in [4.78, 5) is 23.9. The van der Waals surface area contributed by atoms with Gasteiger partial charge in [0.2, 0.25) is 0 Å². The van der Waals surface area contributed by atoms with Gasteiger partial charge in [0.25, 0.3) is 11.8 Å². The quantitative estimate of drug-likeness (QED) is 0.259. The Morgan fingerprint density at radius 3 is 1.44 bits per heavy atom. The molecule has 2 N–H and O–H groups in total. The Morgan fingerprint density at radius 1 is 0.639 bits per heavy atom. The van der Waals surface area contributed by atoms with Gasteiger partial charge in [0, 0.05) is 12.2 Å². The molecule has 0 aliphatic heterocycles. The van der Waals surface area contributed by atoms with Crippen molar-refractivity contribution in [2.24, 2.45) is 10.2 Å². The van der Waals surface area contributed by atoms with Gasteiger partial charge in [0.05, 0.1) is 26.6 Å². The predicted molar refractivity (Wildman–Crippen MR) is 142 cm³/mol. The summed E-state index contributed by atoms with van der Waals surface area (Å²) in [6, 6.07) is 22.0. The minimum atomic E-state index is -0.357. The molecule has 8 heteroatoms. The fourth-order valence-corrected chi connectivity index (χ4v) is 2.92. The molecule has 0 atom stereocenters. The number of rotatable bonds is 10. The highest BCUT2D eigenvalue weighted by Gasteiger charge is 1.97. The molecule has 8 nitrogen and oxygen atoms in total. The molecule has 3 aromatic carbocycles. The normalized spacial score (nSPS) is 11.4. The van der Waals surface area contributed by atoms with Gasteiger partial charge in [-0.05, 0) is 58.7 Å². The third-order valence-corrected chi connectivity index (χ3v) is 4.76. The Labute approximate surface area is 209 Å². The van der Waals surface area contributed by atoms with Gasteiger partial charge in [-0.3, -0.25) is 9.59 Å². The lowest BCUT2D eigenvalue weighted by Crippen LogP contribution is -2.14. The summed E-state index contributed by atoms with van der Waals surface area (Å²) in [5.74, 6) is 0.706. The highest BCUT2D eigenvalue weighted by Crippen LogP contribution is 2.12. The summed E-state index contributed by atoms with van der Waals surface area (Å²) >= 11 is 0.